The summed E-state index contributed by atoms with van der Waals surface area (Å²) in [5.41, 5.74) is -0.458. The summed E-state index contributed by atoms with van der Waals surface area (Å²) in [5, 5.41) is 11.6. The average molecular weight is 252 g/mol. The Bertz CT molecular complexity index is 428. The van der Waals surface area contributed by atoms with Crippen molar-refractivity contribution >= 4 is 5.69 Å². The van der Waals surface area contributed by atoms with Crippen LogP contribution in [0.3, 0.4) is 0 Å². The van der Waals surface area contributed by atoms with Gasteiger partial charge in [0, 0.05) is 5.54 Å². The van der Waals surface area contributed by atoms with Crippen molar-refractivity contribution in [3.05, 3.63) is 29.3 Å². The van der Waals surface area contributed by atoms with Gasteiger partial charge in [0.05, 0.1) is 11.6 Å². The van der Waals surface area contributed by atoms with E-state index in [9.17, 15) is 8.78 Å². The second-order valence-corrected chi connectivity index (χ2v) is 4.39. The van der Waals surface area contributed by atoms with Crippen LogP contribution in [0.15, 0.2) is 12.1 Å². The van der Waals surface area contributed by atoms with E-state index in [-0.39, 0.29) is 16.8 Å². The van der Waals surface area contributed by atoms with Gasteiger partial charge >= 0.3 is 0 Å². The quantitative estimate of drug-likeness (QED) is 0.851. The van der Waals surface area contributed by atoms with Gasteiger partial charge in [-0.25, -0.2) is 8.78 Å². The molecule has 98 valence electrons. The fraction of sp³-hybridized carbons (Fsp3) is 0.500. The minimum Gasteiger partial charge on any atom is -0.375 e. The lowest BCUT2D eigenvalue weighted by atomic mass is 9.89. The summed E-state index contributed by atoms with van der Waals surface area (Å²) in [5.74, 6) is -1.43. The van der Waals surface area contributed by atoms with Crippen molar-refractivity contribution in [1.82, 2.24) is 0 Å². The molecular formula is C14H18F2N2. The number of nitrogens with zero attached hydrogens (tertiary/aromatic N) is 1. The molecule has 0 atom stereocenters. The lowest BCUT2D eigenvalue weighted by molar-refractivity contribution is 0.414. The lowest BCUT2D eigenvalue weighted by Gasteiger charge is -2.33. The average Bonchev–Trinajstić information content (AvgIpc) is 2.39. The molecule has 0 radical (unpaired) electrons. The molecule has 0 aliphatic rings. The van der Waals surface area contributed by atoms with Crippen LogP contribution in [0.4, 0.5) is 14.5 Å². The maximum absolute atomic E-state index is 13.8. The minimum absolute atomic E-state index is 0.00866. The molecule has 0 unspecified atom stereocenters. The van der Waals surface area contributed by atoms with Gasteiger partial charge in [0.15, 0.2) is 11.6 Å². The van der Waals surface area contributed by atoms with Crippen molar-refractivity contribution in [3.63, 3.8) is 0 Å². The Hall–Kier alpha value is -1.63. The van der Waals surface area contributed by atoms with Crippen LogP contribution in [-0.4, -0.2) is 5.54 Å². The van der Waals surface area contributed by atoms with E-state index in [1.165, 1.54) is 0 Å². The molecule has 0 heterocycles. The van der Waals surface area contributed by atoms with E-state index in [2.05, 4.69) is 5.32 Å². The maximum Gasteiger partial charge on any atom is 0.150 e. The molecule has 0 saturated heterocycles. The molecule has 2 nitrogen and oxygen atoms in total. The van der Waals surface area contributed by atoms with E-state index in [0.29, 0.717) is 0 Å². The highest BCUT2D eigenvalue weighted by atomic mass is 19.1. The van der Waals surface area contributed by atoms with Gasteiger partial charge in [0.2, 0.25) is 0 Å². The van der Waals surface area contributed by atoms with E-state index in [0.717, 1.165) is 31.4 Å². The SMILES string of the molecule is CCC(CC)(CC)Nc1c(F)cc(C#N)cc1F. The summed E-state index contributed by atoms with van der Waals surface area (Å²) < 4.78 is 27.6. The van der Waals surface area contributed by atoms with E-state index >= 15 is 0 Å². The van der Waals surface area contributed by atoms with Gasteiger partial charge in [0.1, 0.15) is 5.69 Å². The molecule has 0 saturated carbocycles. The predicted molar refractivity (Wildman–Crippen MR) is 68.3 cm³/mol. The monoisotopic (exact) mass is 252 g/mol. The first kappa shape index (κ1) is 14.4. The summed E-state index contributed by atoms with van der Waals surface area (Å²) in [7, 11) is 0. The van der Waals surface area contributed by atoms with E-state index in [4.69, 9.17) is 5.26 Å². The molecule has 0 aromatic heterocycles. The molecule has 1 rings (SSSR count). The first-order valence-electron chi connectivity index (χ1n) is 6.19. The third-order valence-corrected chi connectivity index (χ3v) is 3.59. The van der Waals surface area contributed by atoms with Gasteiger partial charge < -0.3 is 5.32 Å². The highest BCUT2D eigenvalue weighted by Gasteiger charge is 2.26. The molecule has 1 aromatic rings. The van der Waals surface area contributed by atoms with Gasteiger partial charge in [-0.15, -0.1) is 0 Å². The zero-order valence-corrected chi connectivity index (χ0v) is 11.0. The fourth-order valence-corrected chi connectivity index (χ4v) is 2.04. The van der Waals surface area contributed by atoms with Crippen LogP contribution >= 0.6 is 0 Å². The molecule has 0 bridgehead atoms. The van der Waals surface area contributed by atoms with Crippen molar-refractivity contribution in [2.24, 2.45) is 0 Å². The zero-order valence-electron chi connectivity index (χ0n) is 11.0. The number of halogens is 2. The Balaban J connectivity index is 3.15. The van der Waals surface area contributed by atoms with Crippen LogP contribution in [-0.2, 0) is 0 Å². The van der Waals surface area contributed by atoms with Crippen molar-refractivity contribution in [2.45, 2.75) is 45.6 Å². The first-order chi connectivity index (χ1) is 8.51. The summed E-state index contributed by atoms with van der Waals surface area (Å²) >= 11 is 0. The van der Waals surface area contributed by atoms with Crippen LogP contribution in [0, 0.1) is 23.0 Å². The number of nitriles is 1. The first-order valence-corrected chi connectivity index (χ1v) is 6.19. The number of hydrogen-bond donors (Lipinski definition) is 1. The van der Waals surface area contributed by atoms with Gasteiger partial charge in [-0.2, -0.15) is 5.26 Å². The Labute approximate surface area is 107 Å². The molecule has 0 aliphatic carbocycles. The third-order valence-electron chi connectivity index (χ3n) is 3.59. The number of rotatable bonds is 5. The topological polar surface area (TPSA) is 35.8 Å². The van der Waals surface area contributed by atoms with Crippen molar-refractivity contribution in [3.8, 4) is 6.07 Å². The minimum atomic E-state index is -0.716. The second-order valence-electron chi connectivity index (χ2n) is 4.39. The van der Waals surface area contributed by atoms with Crippen LogP contribution in [0.25, 0.3) is 0 Å². The summed E-state index contributed by atoms with van der Waals surface area (Å²) in [6, 6.07) is 3.84. The van der Waals surface area contributed by atoms with Crippen molar-refractivity contribution < 1.29 is 8.78 Å². The summed E-state index contributed by atoms with van der Waals surface area (Å²) in [6.07, 6.45) is 2.33. The summed E-state index contributed by atoms with van der Waals surface area (Å²) in [4.78, 5) is 0. The molecule has 1 N–H and O–H groups in total. The van der Waals surface area contributed by atoms with E-state index in [1.807, 2.05) is 20.8 Å². The van der Waals surface area contributed by atoms with Crippen molar-refractivity contribution in [1.29, 1.82) is 5.26 Å². The molecule has 18 heavy (non-hydrogen) atoms. The predicted octanol–water partition coefficient (Wildman–Crippen LogP) is 4.22. The number of anilines is 1. The standard InChI is InChI=1S/C14H18F2N2/c1-4-14(5-2,6-3)18-13-11(15)7-10(9-17)8-12(13)16/h7-8,18H,4-6H2,1-3H3. The number of nitrogens with one attached hydrogen (secondary N) is 1. The Morgan fingerprint density at radius 3 is 1.89 bits per heavy atom. The summed E-state index contributed by atoms with van der Waals surface area (Å²) in [6.45, 7) is 5.96. The van der Waals surface area contributed by atoms with Crippen LogP contribution in [0.2, 0.25) is 0 Å². The molecule has 1 aromatic carbocycles. The normalized spacial score (nSPS) is 11.1. The van der Waals surface area contributed by atoms with Crippen molar-refractivity contribution in [2.75, 3.05) is 5.32 Å². The Kier molecular flexibility index (Phi) is 4.66. The Morgan fingerprint density at radius 2 is 1.56 bits per heavy atom. The largest absolute Gasteiger partial charge is 0.375 e. The lowest BCUT2D eigenvalue weighted by Crippen LogP contribution is -2.36. The third kappa shape index (κ3) is 2.79. The maximum atomic E-state index is 13.8. The van der Waals surface area contributed by atoms with Gasteiger partial charge in [-0.3, -0.25) is 0 Å². The van der Waals surface area contributed by atoms with Crippen LogP contribution < -0.4 is 5.32 Å². The fourth-order valence-electron chi connectivity index (χ4n) is 2.04. The van der Waals surface area contributed by atoms with Crippen LogP contribution in [0.1, 0.15) is 45.6 Å². The van der Waals surface area contributed by atoms with Crippen LogP contribution in [0.5, 0.6) is 0 Å². The van der Waals surface area contributed by atoms with Gasteiger partial charge in [0.25, 0.3) is 0 Å². The van der Waals surface area contributed by atoms with E-state index in [1.54, 1.807) is 6.07 Å². The highest BCUT2D eigenvalue weighted by Crippen LogP contribution is 2.29. The highest BCUT2D eigenvalue weighted by molar-refractivity contribution is 5.52. The number of benzene rings is 1. The molecule has 4 heteroatoms. The Morgan fingerprint density at radius 1 is 1.11 bits per heavy atom. The molecule has 0 fully saturated rings. The molecule has 0 amide bonds. The molecule has 0 aliphatic heterocycles. The molecule has 0 spiro atoms. The van der Waals surface area contributed by atoms with Gasteiger partial charge in [-0.1, -0.05) is 20.8 Å². The molecular weight excluding hydrogens is 234 g/mol. The smallest absolute Gasteiger partial charge is 0.150 e. The van der Waals surface area contributed by atoms with E-state index < -0.39 is 11.6 Å². The van der Waals surface area contributed by atoms with Gasteiger partial charge in [-0.05, 0) is 31.4 Å². The number of hydrogen-bond acceptors (Lipinski definition) is 2. The second kappa shape index (κ2) is 5.81. The zero-order chi connectivity index (χ0) is 13.8.